The molecule has 0 radical (unpaired) electrons. The number of rotatable bonds is 4. The summed E-state index contributed by atoms with van der Waals surface area (Å²) in [5.74, 6) is -1.23. The molecule has 0 aliphatic carbocycles. The maximum atomic E-state index is 12.8. The molecule has 2 amide bonds. The van der Waals surface area contributed by atoms with Crippen LogP contribution in [0.25, 0.3) is 0 Å². The summed E-state index contributed by atoms with van der Waals surface area (Å²) in [4.78, 5) is 40.0. The van der Waals surface area contributed by atoms with E-state index in [2.05, 4.69) is 5.32 Å². The molecule has 0 saturated carbocycles. The Morgan fingerprint density at radius 2 is 2.08 bits per heavy atom. The summed E-state index contributed by atoms with van der Waals surface area (Å²) in [6.45, 7) is 5.40. The smallest absolute Gasteiger partial charge is 0.349 e. The van der Waals surface area contributed by atoms with Crippen molar-refractivity contribution in [3.8, 4) is 0 Å². The normalized spacial score (nSPS) is 14.4. The van der Waals surface area contributed by atoms with Gasteiger partial charge >= 0.3 is 5.97 Å². The molecule has 6 nitrogen and oxygen atoms in total. The molecule has 1 aliphatic rings. The van der Waals surface area contributed by atoms with Crippen molar-refractivity contribution in [1.82, 2.24) is 0 Å². The molecule has 1 unspecified atom stereocenters. The quantitative estimate of drug-likeness (QED) is 0.837. The molecule has 3 rings (SSSR count). The summed E-state index contributed by atoms with van der Waals surface area (Å²) >= 11 is 1.38. The summed E-state index contributed by atoms with van der Waals surface area (Å²) in [6.07, 6.45) is -0.147. The summed E-state index contributed by atoms with van der Waals surface area (Å²) in [5.41, 5.74) is 2.21. The zero-order chi connectivity index (χ0) is 18.8. The number of hydrogen-bond donors (Lipinski definition) is 1. The molecular formula is C19H20N2O4S. The van der Waals surface area contributed by atoms with Crippen LogP contribution < -0.4 is 10.2 Å². The minimum atomic E-state index is -0.992. The fourth-order valence-electron chi connectivity index (χ4n) is 2.89. The number of fused-ring (bicyclic) bond motifs is 1. The van der Waals surface area contributed by atoms with Crippen molar-refractivity contribution >= 4 is 40.5 Å². The van der Waals surface area contributed by atoms with E-state index in [4.69, 9.17) is 4.74 Å². The Balaban J connectivity index is 1.75. The van der Waals surface area contributed by atoms with Gasteiger partial charge in [0.1, 0.15) is 11.4 Å². The largest absolute Gasteiger partial charge is 0.448 e. The van der Waals surface area contributed by atoms with Crippen LogP contribution >= 0.6 is 11.3 Å². The van der Waals surface area contributed by atoms with Crippen LogP contribution in [0, 0.1) is 6.92 Å². The van der Waals surface area contributed by atoms with Gasteiger partial charge in [-0.2, -0.15) is 0 Å². The average Bonchev–Trinajstić information content (AvgIpc) is 3.01. The van der Waals surface area contributed by atoms with Crippen LogP contribution in [0.15, 0.2) is 30.3 Å². The van der Waals surface area contributed by atoms with E-state index in [1.807, 2.05) is 13.8 Å². The maximum absolute atomic E-state index is 12.8. The molecule has 1 aromatic heterocycles. The Labute approximate surface area is 155 Å². The Bertz CT molecular complexity index is 874. The van der Waals surface area contributed by atoms with Crippen molar-refractivity contribution < 1.29 is 19.1 Å². The lowest BCUT2D eigenvalue weighted by molar-refractivity contribution is -0.128. The van der Waals surface area contributed by atoms with Gasteiger partial charge in [-0.3, -0.25) is 14.5 Å². The van der Waals surface area contributed by atoms with Gasteiger partial charge in [0.15, 0.2) is 6.10 Å². The van der Waals surface area contributed by atoms with Crippen LogP contribution in [0.4, 0.5) is 11.4 Å². The number of nitrogens with zero attached hydrogens (tertiary/aromatic N) is 1. The first-order valence-corrected chi connectivity index (χ1v) is 9.23. The average molecular weight is 372 g/mol. The van der Waals surface area contributed by atoms with E-state index in [0.29, 0.717) is 16.3 Å². The summed E-state index contributed by atoms with van der Waals surface area (Å²) in [7, 11) is 0. The summed E-state index contributed by atoms with van der Waals surface area (Å²) in [6, 6.07) is 8.82. The van der Waals surface area contributed by atoms with Crippen molar-refractivity contribution in [2.24, 2.45) is 0 Å². The Kier molecular flexibility index (Phi) is 5.08. The number of ether oxygens (including phenoxy) is 1. The second-order valence-electron chi connectivity index (χ2n) is 6.11. The molecular weight excluding hydrogens is 352 g/mol. The number of amides is 2. The lowest BCUT2D eigenvalue weighted by Crippen LogP contribution is -2.47. The van der Waals surface area contributed by atoms with Crippen molar-refractivity contribution in [2.45, 2.75) is 33.3 Å². The van der Waals surface area contributed by atoms with Crippen molar-refractivity contribution in [1.29, 1.82) is 0 Å². The molecule has 0 saturated heterocycles. The third-order valence-corrected chi connectivity index (χ3v) is 5.57. The van der Waals surface area contributed by atoms with Gasteiger partial charge in [0.25, 0.3) is 5.91 Å². The second-order valence-corrected chi connectivity index (χ2v) is 7.24. The maximum Gasteiger partial charge on any atom is 0.349 e. The predicted molar refractivity (Wildman–Crippen MR) is 101 cm³/mol. The molecule has 136 valence electrons. The third kappa shape index (κ3) is 3.48. The van der Waals surface area contributed by atoms with E-state index in [1.54, 1.807) is 30.3 Å². The number of anilines is 2. The number of carbonyl (C=O) groups is 3. The van der Waals surface area contributed by atoms with Crippen LogP contribution in [-0.2, 0) is 20.7 Å². The van der Waals surface area contributed by atoms with Gasteiger partial charge in [-0.1, -0.05) is 19.1 Å². The number of benzene rings is 1. The minimum Gasteiger partial charge on any atom is -0.448 e. The first-order chi connectivity index (χ1) is 12.4. The molecule has 1 N–H and O–H groups in total. The van der Waals surface area contributed by atoms with E-state index < -0.39 is 18.0 Å². The van der Waals surface area contributed by atoms with E-state index in [9.17, 15) is 14.4 Å². The van der Waals surface area contributed by atoms with E-state index >= 15 is 0 Å². The molecule has 1 atom stereocenters. The monoisotopic (exact) mass is 372 g/mol. The number of nitrogens with one attached hydrogen (secondary N) is 1. The number of carbonyl (C=O) groups excluding carboxylic acids is 3. The molecule has 0 bridgehead atoms. The number of hydrogen-bond acceptors (Lipinski definition) is 5. The van der Waals surface area contributed by atoms with Crippen molar-refractivity contribution in [3.63, 3.8) is 0 Å². The van der Waals surface area contributed by atoms with E-state index in [0.717, 1.165) is 16.9 Å². The number of thiophene rings is 1. The third-order valence-electron chi connectivity index (χ3n) is 4.21. The number of esters is 1. The standard InChI is InChI=1S/C19H20N2O4S/c1-4-15-11(2)9-16(26-15)19(24)25-12(3)18(23)21-10-17(22)20-13-7-5-6-8-14(13)21/h5-9,12H,4,10H2,1-3H3,(H,20,22). The van der Waals surface area contributed by atoms with Crippen LogP contribution in [0.2, 0.25) is 0 Å². The topological polar surface area (TPSA) is 75.7 Å². The van der Waals surface area contributed by atoms with Crippen LogP contribution in [0.5, 0.6) is 0 Å². The molecule has 1 aromatic carbocycles. The van der Waals surface area contributed by atoms with Gasteiger partial charge in [0.05, 0.1) is 11.4 Å². The lowest BCUT2D eigenvalue weighted by Gasteiger charge is -2.30. The molecule has 7 heteroatoms. The van der Waals surface area contributed by atoms with Gasteiger partial charge in [0.2, 0.25) is 5.91 Å². The molecule has 2 aromatic rings. The first kappa shape index (κ1) is 18.1. The zero-order valence-corrected chi connectivity index (χ0v) is 15.7. The van der Waals surface area contributed by atoms with Gasteiger partial charge in [-0.05, 0) is 44.0 Å². The highest BCUT2D eigenvalue weighted by Crippen LogP contribution is 2.30. The van der Waals surface area contributed by atoms with Crippen molar-refractivity contribution in [2.75, 3.05) is 16.8 Å². The molecule has 0 spiro atoms. The molecule has 2 heterocycles. The molecule has 1 aliphatic heterocycles. The Morgan fingerprint density at radius 3 is 2.77 bits per heavy atom. The Hall–Kier alpha value is -2.67. The fourth-order valence-corrected chi connectivity index (χ4v) is 3.89. The van der Waals surface area contributed by atoms with Crippen LogP contribution in [-0.4, -0.2) is 30.4 Å². The van der Waals surface area contributed by atoms with E-state index in [1.165, 1.54) is 23.2 Å². The minimum absolute atomic E-state index is 0.101. The molecule has 26 heavy (non-hydrogen) atoms. The first-order valence-electron chi connectivity index (χ1n) is 8.41. The SMILES string of the molecule is CCc1sc(C(=O)OC(C)C(=O)N2CC(=O)Nc3ccccc32)cc1C. The van der Waals surface area contributed by atoms with Crippen LogP contribution in [0.3, 0.4) is 0 Å². The van der Waals surface area contributed by atoms with Gasteiger partial charge in [-0.25, -0.2) is 4.79 Å². The zero-order valence-electron chi connectivity index (χ0n) is 14.9. The summed E-state index contributed by atoms with van der Waals surface area (Å²) < 4.78 is 5.36. The lowest BCUT2D eigenvalue weighted by atomic mass is 10.1. The van der Waals surface area contributed by atoms with Crippen molar-refractivity contribution in [3.05, 3.63) is 45.6 Å². The highest BCUT2D eigenvalue weighted by atomic mass is 32.1. The van der Waals surface area contributed by atoms with Gasteiger partial charge < -0.3 is 10.1 Å². The molecule has 0 fully saturated rings. The van der Waals surface area contributed by atoms with E-state index in [-0.39, 0.29) is 12.5 Å². The fraction of sp³-hybridized carbons (Fsp3) is 0.316. The van der Waals surface area contributed by atoms with Gasteiger partial charge in [-0.15, -0.1) is 11.3 Å². The highest BCUT2D eigenvalue weighted by Gasteiger charge is 2.31. The van der Waals surface area contributed by atoms with Crippen LogP contribution in [0.1, 0.15) is 34.0 Å². The second kappa shape index (κ2) is 7.29. The number of para-hydroxylation sites is 2. The highest BCUT2D eigenvalue weighted by molar-refractivity contribution is 7.14. The van der Waals surface area contributed by atoms with Gasteiger partial charge in [0, 0.05) is 4.88 Å². The Morgan fingerprint density at radius 1 is 1.35 bits per heavy atom. The predicted octanol–water partition coefficient (Wildman–Crippen LogP) is 3.15. The number of aryl methyl sites for hydroxylation is 2. The summed E-state index contributed by atoms with van der Waals surface area (Å²) in [5, 5.41) is 2.73.